The number of pyridine rings is 1. The first kappa shape index (κ1) is 15.5. The number of carbonyl (C=O) groups is 1. The Balaban J connectivity index is 2.08. The predicted molar refractivity (Wildman–Crippen MR) is 83.7 cm³/mol. The zero-order valence-electron chi connectivity index (χ0n) is 12.6. The first-order chi connectivity index (χ1) is 10.2. The van der Waals surface area contributed by atoms with Crippen LogP contribution >= 0.6 is 0 Å². The molecule has 0 aromatic carbocycles. The Kier molecular flexibility index (Phi) is 5.77. The van der Waals surface area contributed by atoms with E-state index in [2.05, 4.69) is 23.7 Å². The van der Waals surface area contributed by atoms with Crippen LogP contribution in [-0.2, 0) is 0 Å². The summed E-state index contributed by atoms with van der Waals surface area (Å²) in [5, 5.41) is 0. The van der Waals surface area contributed by atoms with Gasteiger partial charge in [-0.05, 0) is 31.2 Å². The number of carbonyl (C=O) groups excluding carboxylic acids is 1. The maximum Gasteiger partial charge on any atom is 0.255 e. The van der Waals surface area contributed by atoms with Gasteiger partial charge >= 0.3 is 0 Å². The van der Waals surface area contributed by atoms with Crippen LogP contribution in [0.2, 0.25) is 0 Å². The van der Waals surface area contributed by atoms with Crippen molar-refractivity contribution in [1.29, 1.82) is 0 Å². The van der Waals surface area contributed by atoms with E-state index in [9.17, 15) is 4.79 Å². The number of hydrogen-bond donors (Lipinski definition) is 1. The Morgan fingerprint density at radius 3 is 3.05 bits per heavy atom. The second kappa shape index (κ2) is 7.80. The van der Waals surface area contributed by atoms with Crippen LogP contribution in [0.5, 0.6) is 0 Å². The number of rotatable bonds is 2. The van der Waals surface area contributed by atoms with E-state index in [4.69, 9.17) is 5.73 Å². The van der Waals surface area contributed by atoms with Crippen LogP contribution in [0.3, 0.4) is 0 Å². The molecule has 2 rings (SSSR count). The van der Waals surface area contributed by atoms with Crippen molar-refractivity contribution >= 4 is 5.91 Å². The Morgan fingerprint density at radius 1 is 1.43 bits per heavy atom. The minimum atomic E-state index is 0.0654. The number of aromatic nitrogens is 1. The fraction of sp³-hybridized carbons (Fsp3) is 0.529. The highest BCUT2D eigenvalue weighted by atomic mass is 16.2. The molecule has 1 saturated heterocycles. The minimum Gasteiger partial charge on any atom is -0.339 e. The third kappa shape index (κ3) is 4.30. The fourth-order valence-electron chi connectivity index (χ4n) is 2.74. The molecule has 0 spiro atoms. The molecule has 4 nitrogen and oxygen atoms in total. The summed E-state index contributed by atoms with van der Waals surface area (Å²) in [4.78, 5) is 18.7. The summed E-state index contributed by atoms with van der Waals surface area (Å²) in [6, 6.07) is 1.81. The van der Waals surface area contributed by atoms with Gasteiger partial charge in [0.1, 0.15) is 0 Å². The lowest BCUT2D eigenvalue weighted by Gasteiger charge is -2.20. The summed E-state index contributed by atoms with van der Waals surface area (Å²) in [6.07, 6.45) is 7.90. The third-order valence-electron chi connectivity index (χ3n) is 4.03. The lowest BCUT2D eigenvalue weighted by atomic mass is 9.98. The standard InChI is InChI=1S/C17H23N3O/c1-2-14-6-4-9-20(10-7-14)17(21)16-11-15(5-3-8-18)12-19-13-16/h11-14H,2,4,6-10,18H2,1H3. The molecule has 1 amide bonds. The lowest BCUT2D eigenvalue weighted by Crippen LogP contribution is -2.32. The molecule has 1 aromatic rings. The Bertz CT molecular complexity index is 544. The fourth-order valence-corrected chi connectivity index (χ4v) is 2.74. The Morgan fingerprint density at radius 2 is 2.29 bits per heavy atom. The number of amides is 1. The molecule has 1 atom stereocenters. The summed E-state index contributed by atoms with van der Waals surface area (Å²) in [5.74, 6) is 6.53. The average Bonchev–Trinajstić information content (AvgIpc) is 2.78. The van der Waals surface area contributed by atoms with Gasteiger partial charge in [-0.15, -0.1) is 0 Å². The predicted octanol–water partition coefficient (Wildman–Crippen LogP) is 2.04. The first-order valence-electron chi connectivity index (χ1n) is 7.67. The molecule has 1 aromatic heterocycles. The summed E-state index contributed by atoms with van der Waals surface area (Å²) in [6.45, 7) is 4.22. The van der Waals surface area contributed by atoms with Gasteiger partial charge in [0.05, 0.1) is 12.1 Å². The molecule has 0 radical (unpaired) electrons. The summed E-state index contributed by atoms with van der Waals surface area (Å²) in [7, 11) is 0. The Hall–Kier alpha value is -1.86. The highest BCUT2D eigenvalue weighted by Crippen LogP contribution is 2.21. The quantitative estimate of drug-likeness (QED) is 0.846. The molecule has 0 bridgehead atoms. The molecule has 1 aliphatic heterocycles. The molecule has 0 aliphatic carbocycles. The van der Waals surface area contributed by atoms with Crippen LogP contribution < -0.4 is 5.73 Å². The maximum atomic E-state index is 12.6. The van der Waals surface area contributed by atoms with Crippen molar-refractivity contribution in [2.45, 2.75) is 32.6 Å². The zero-order chi connectivity index (χ0) is 15.1. The number of likely N-dealkylation sites (tertiary alicyclic amines) is 1. The monoisotopic (exact) mass is 285 g/mol. The number of nitrogens with zero attached hydrogens (tertiary/aromatic N) is 2. The molecule has 4 heteroatoms. The molecule has 2 N–H and O–H groups in total. The van der Waals surface area contributed by atoms with Gasteiger partial charge in [0, 0.05) is 31.0 Å². The van der Waals surface area contributed by atoms with Gasteiger partial charge in [0.2, 0.25) is 0 Å². The molecule has 1 fully saturated rings. The molecule has 1 unspecified atom stereocenters. The lowest BCUT2D eigenvalue weighted by molar-refractivity contribution is 0.0759. The molecule has 112 valence electrons. The SMILES string of the molecule is CCC1CCCN(C(=O)c2cncc(C#CCN)c2)CC1. The van der Waals surface area contributed by atoms with Crippen molar-refractivity contribution in [3.05, 3.63) is 29.6 Å². The first-order valence-corrected chi connectivity index (χ1v) is 7.67. The number of nitrogens with two attached hydrogens (primary N) is 1. The van der Waals surface area contributed by atoms with Crippen molar-refractivity contribution in [3.8, 4) is 11.8 Å². The Labute approximate surface area is 126 Å². The van der Waals surface area contributed by atoms with Crippen molar-refractivity contribution in [2.75, 3.05) is 19.6 Å². The topological polar surface area (TPSA) is 59.2 Å². The van der Waals surface area contributed by atoms with Crippen LogP contribution in [0.1, 0.15) is 48.5 Å². The average molecular weight is 285 g/mol. The van der Waals surface area contributed by atoms with Crippen LogP contribution in [-0.4, -0.2) is 35.4 Å². The van der Waals surface area contributed by atoms with Crippen LogP contribution in [0.4, 0.5) is 0 Å². The second-order valence-electron chi connectivity index (χ2n) is 5.47. The van der Waals surface area contributed by atoms with Crippen LogP contribution in [0.25, 0.3) is 0 Å². The van der Waals surface area contributed by atoms with E-state index in [1.165, 1.54) is 12.8 Å². The summed E-state index contributed by atoms with van der Waals surface area (Å²) < 4.78 is 0. The van der Waals surface area contributed by atoms with Crippen molar-refractivity contribution in [3.63, 3.8) is 0 Å². The molecule has 21 heavy (non-hydrogen) atoms. The van der Waals surface area contributed by atoms with Crippen molar-refractivity contribution in [2.24, 2.45) is 11.7 Å². The van der Waals surface area contributed by atoms with E-state index in [-0.39, 0.29) is 5.91 Å². The van der Waals surface area contributed by atoms with Gasteiger partial charge in [0.25, 0.3) is 5.91 Å². The van der Waals surface area contributed by atoms with Gasteiger partial charge in [-0.3, -0.25) is 9.78 Å². The van der Waals surface area contributed by atoms with E-state index < -0.39 is 0 Å². The second-order valence-corrected chi connectivity index (χ2v) is 5.47. The molecule has 2 heterocycles. The van der Waals surface area contributed by atoms with Crippen LogP contribution in [0, 0.1) is 17.8 Å². The van der Waals surface area contributed by atoms with Gasteiger partial charge in [-0.2, -0.15) is 0 Å². The maximum absolute atomic E-state index is 12.6. The highest BCUT2D eigenvalue weighted by molar-refractivity contribution is 5.94. The van der Waals surface area contributed by atoms with Crippen LogP contribution in [0.15, 0.2) is 18.5 Å². The van der Waals surface area contributed by atoms with E-state index in [0.29, 0.717) is 12.1 Å². The van der Waals surface area contributed by atoms with E-state index >= 15 is 0 Å². The van der Waals surface area contributed by atoms with E-state index in [1.54, 1.807) is 18.5 Å². The van der Waals surface area contributed by atoms with Gasteiger partial charge in [-0.1, -0.05) is 25.2 Å². The van der Waals surface area contributed by atoms with E-state index in [0.717, 1.165) is 37.4 Å². The largest absolute Gasteiger partial charge is 0.339 e. The molecule has 1 aliphatic rings. The normalized spacial score (nSPS) is 18.6. The summed E-state index contributed by atoms with van der Waals surface area (Å²) >= 11 is 0. The van der Waals surface area contributed by atoms with Gasteiger partial charge < -0.3 is 10.6 Å². The van der Waals surface area contributed by atoms with Crippen molar-refractivity contribution < 1.29 is 4.79 Å². The molecular weight excluding hydrogens is 262 g/mol. The third-order valence-corrected chi connectivity index (χ3v) is 4.03. The zero-order valence-corrected chi connectivity index (χ0v) is 12.6. The number of hydrogen-bond acceptors (Lipinski definition) is 3. The highest BCUT2D eigenvalue weighted by Gasteiger charge is 2.21. The molecular formula is C17H23N3O. The van der Waals surface area contributed by atoms with Gasteiger partial charge in [0.15, 0.2) is 0 Å². The van der Waals surface area contributed by atoms with E-state index in [1.807, 2.05) is 4.90 Å². The van der Waals surface area contributed by atoms with Gasteiger partial charge in [-0.25, -0.2) is 0 Å². The smallest absolute Gasteiger partial charge is 0.255 e. The minimum absolute atomic E-state index is 0.0654. The van der Waals surface area contributed by atoms with Crippen molar-refractivity contribution in [1.82, 2.24) is 9.88 Å². The molecule has 0 saturated carbocycles. The summed E-state index contributed by atoms with van der Waals surface area (Å²) in [5.41, 5.74) is 6.73.